The van der Waals surface area contributed by atoms with Crippen LogP contribution in [-0.2, 0) is 16.0 Å². The Hall–Kier alpha value is -3.06. The summed E-state index contributed by atoms with van der Waals surface area (Å²) in [5, 5.41) is 2.86. The van der Waals surface area contributed by atoms with E-state index in [0.29, 0.717) is 6.42 Å². The molecule has 0 bridgehead atoms. The van der Waals surface area contributed by atoms with Crippen LogP contribution in [0, 0.1) is 0 Å². The Bertz CT molecular complexity index is 875. The number of pyridine rings is 1. The molecule has 0 fully saturated rings. The lowest BCUT2D eigenvalue weighted by molar-refractivity contribution is -0.276. The average molecular weight is 489 g/mol. The second kappa shape index (κ2) is 12.8. The van der Waals surface area contributed by atoms with Crippen LogP contribution in [0.2, 0.25) is 0 Å². The Morgan fingerprint density at radius 3 is 2.58 bits per heavy atom. The summed E-state index contributed by atoms with van der Waals surface area (Å²) in [6, 6.07) is 2.18. The number of carbonyl (C=O) groups is 1. The molecule has 0 spiro atoms. The maximum atomic E-state index is 12.6. The van der Waals surface area contributed by atoms with E-state index in [1.165, 1.54) is 18.7 Å². The van der Waals surface area contributed by atoms with E-state index in [2.05, 4.69) is 38.2 Å². The number of alkyl halides is 3. The van der Waals surface area contributed by atoms with Gasteiger partial charge in [0.05, 0.1) is 18.2 Å². The van der Waals surface area contributed by atoms with Crippen LogP contribution in [0.5, 0.6) is 5.88 Å². The molecule has 33 heavy (non-hydrogen) atoms. The number of aromatic nitrogens is 1. The van der Waals surface area contributed by atoms with Crippen molar-refractivity contribution in [2.24, 2.45) is 9.98 Å². The number of aliphatic imine (C=N–C) groups is 2. The maximum Gasteiger partial charge on any atom is 0.574 e. The van der Waals surface area contributed by atoms with Crippen LogP contribution in [0.25, 0.3) is 0 Å². The highest BCUT2D eigenvalue weighted by Crippen LogP contribution is 2.25. The molecular weight excluding hydrogens is 461 g/mol. The third-order valence-corrected chi connectivity index (χ3v) is 4.89. The first-order valence-corrected chi connectivity index (χ1v) is 11.2. The van der Waals surface area contributed by atoms with Crippen molar-refractivity contribution in [3.05, 3.63) is 43.4 Å². The summed E-state index contributed by atoms with van der Waals surface area (Å²) in [5.74, 6) is -1.23. The van der Waals surface area contributed by atoms with Gasteiger partial charge in [-0.2, -0.15) is 4.99 Å². The van der Waals surface area contributed by atoms with Crippen molar-refractivity contribution in [2.45, 2.75) is 32.3 Å². The lowest BCUT2D eigenvalue weighted by atomic mass is 10.3. The number of rotatable bonds is 10. The molecule has 1 heterocycles. The monoisotopic (exact) mass is 488 g/mol. The zero-order chi connectivity index (χ0) is 25.2. The SMILES string of the molecule is C=CCC(N=CNC)N(C)/C(=N\C(=C)N(C(=O)CC)c1ccc(OC(F)(F)F)nc1)[S+](C)[O-]. The lowest BCUT2D eigenvalue weighted by Crippen LogP contribution is -2.41. The molecule has 2 unspecified atom stereocenters. The largest absolute Gasteiger partial charge is 0.609 e. The fourth-order valence-corrected chi connectivity index (χ4v) is 3.30. The van der Waals surface area contributed by atoms with Gasteiger partial charge in [-0.05, 0) is 6.07 Å². The summed E-state index contributed by atoms with van der Waals surface area (Å²) in [5.41, 5.74) is 0.116. The molecule has 0 saturated carbocycles. The van der Waals surface area contributed by atoms with Crippen molar-refractivity contribution in [1.29, 1.82) is 0 Å². The minimum absolute atomic E-state index is 0.0429. The Balaban J connectivity index is 3.34. The highest BCUT2D eigenvalue weighted by Gasteiger charge is 2.32. The van der Waals surface area contributed by atoms with Crippen molar-refractivity contribution in [3.63, 3.8) is 0 Å². The van der Waals surface area contributed by atoms with Gasteiger partial charge in [-0.3, -0.25) is 19.6 Å². The summed E-state index contributed by atoms with van der Waals surface area (Å²) >= 11 is -1.60. The van der Waals surface area contributed by atoms with Gasteiger partial charge in [0, 0.05) is 44.2 Å². The Morgan fingerprint density at radius 1 is 1.45 bits per heavy atom. The number of anilines is 1. The first-order valence-electron chi connectivity index (χ1n) is 9.63. The predicted octanol–water partition coefficient (Wildman–Crippen LogP) is 3.01. The highest BCUT2D eigenvalue weighted by atomic mass is 32.2. The molecule has 0 aromatic carbocycles. The van der Waals surface area contributed by atoms with Crippen molar-refractivity contribution < 1.29 is 27.3 Å². The van der Waals surface area contributed by atoms with Crippen LogP contribution >= 0.6 is 0 Å². The number of carbonyl (C=O) groups excluding carboxylic acids is 1. The van der Waals surface area contributed by atoms with Gasteiger partial charge in [0.2, 0.25) is 11.8 Å². The standard InChI is InChI=1S/C20H27F3N6O3S/c1-7-9-16(26-13-24-4)28(5)19(33(6)31)27-14(3)29(18(30)8-2)15-10-11-17(25-12-15)32-20(21,22)23/h7,10-13,16H,1,3,8-9H2,2,4-6H3,(H,24,26)/b27-19+. The lowest BCUT2D eigenvalue weighted by Gasteiger charge is -2.27. The molecule has 1 amide bonds. The highest BCUT2D eigenvalue weighted by molar-refractivity contribution is 8.05. The number of nitrogens with one attached hydrogen (secondary N) is 1. The molecule has 182 valence electrons. The second-order valence-corrected chi connectivity index (χ2v) is 7.71. The van der Waals surface area contributed by atoms with Gasteiger partial charge in [-0.15, -0.1) is 19.8 Å². The van der Waals surface area contributed by atoms with Crippen LogP contribution in [0.4, 0.5) is 18.9 Å². The molecule has 0 aliphatic rings. The van der Waals surface area contributed by atoms with Crippen molar-refractivity contribution in [3.8, 4) is 5.88 Å². The minimum atomic E-state index is -4.90. The smallest absolute Gasteiger partial charge is 0.574 e. The maximum absolute atomic E-state index is 12.6. The Labute approximate surface area is 193 Å². The predicted molar refractivity (Wildman–Crippen MR) is 123 cm³/mol. The van der Waals surface area contributed by atoms with Crippen LogP contribution in [0.1, 0.15) is 19.8 Å². The quantitative estimate of drug-likeness (QED) is 0.235. The number of nitrogens with zero attached hydrogens (tertiary/aromatic N) is 5. The van der Waals surface area contributed by atoms with E-state index >= 15 is 0 Å². The normalized spacial score (nSPS) is 13.9. The molecule has 1 N–H and O–H groups in total. The summed E-state index contributed by atoms with van der Waals surface area (Å²) < 4.78 is 53.4. The van der Waals surface area contributed by atoms with Gasteiger partial charge in [-0.25, -0.2) is 4.98 Å². The molecule has 13 heteroatoms. The van der Waals surface area contributed by atoms with Crippen LogP contribution < -0.4 is 15.0 Å². The Morgan fingerprint density at radius 2 is 2.12 bits per heavy atom. The van der Waals surface area contributed by atoms with Gasteiger partial charge < -0.3 is 14.6 Å². The van der Waals surface area contributed by atoms with E-state index < -0.39 is 35.5 Å². The number of halogens is 3. The summed E-state index contributed by atoms with van der Waals surface area (Å²) in [6.07, 6.45) is 0.623. The zero-order valence-corrected chi connectivity index (χ0v) is 19.6. The van der Waals surface area contributed by atoms with E-state index in [1.807, 2.05) is 0 Å². The number of hydrogen-bond donors (Lipinski definition) is 1. The molecule has 0 saturated heterocycles. The van der Waals surface area contributed by atoms with E-state index in [-0.39, 0.29) is 23.1 Å². The minimum Gasteiger partial charge on any atom is -0.609 e. The molecule has 0 aliphatic carbocycles. The van der Waals surface area contributed by atoms with E-state index in [9.17, 15) is 22.5 Å². The molecule has 1 aromatic rings. The third-order valence-electron chi connectivity index (χ3n) is 3.99. The molecular formula is C20H27F3N6O3S. The van der Waals surface area contributed by atoms with Gasteiger partial charge in [0.25, 0.3) is 0 Å². The second-order valence-electron chi connectivity index (χ2n) is 6.43. The summed E-state index contributed by atoms with van der Waals surface area (Å²) in [6.45, 7) is 9.09. The van der Waals surface area contributed by atoms with E-state index in [0.717, 1.165) is 17.2 Å². The molecule has 2 atom stereocenters. The van der Waals surface area contributed by atoms with Crippen molar-refractivity contribution >= 4 is 34.3 Å². The van der Waals surface area contributed by atoms with E-state index in [1.54, 1.807) is 32.0 Å². The topological polar surface area (TPSA) is 105 Å². The number of hydrogen-bond acceptors (Lipinski definition) is 6. The average Bonchev–Trinajstić information content (AvgIpc) is 2.74. The summed E-state index contributed by atoms with van der Waals surface area (Å²) in [4.78, 5) is 27.4. The van der Waals surface area contributed by atoms with Gasteiger partial charge >= 0.3 is 11.5 Å². The number of amidine groups is 1. The fourth-order valence-electron chi connectivity index (χ4n) is 2.54. The number of amides is 1. The zero-order valence-electron chi connectivity index (χ0n) is 18.8. The first kappa shape index (κ1) is 28.0. The molecule has 9 nitrogen and oxygen atoms in total. The van der Waals surface area contributed by atoms with Crippen LogP contribution in [0.3, 0.4) is 0 Å². The van der Waals surface area contributed by atoms with Gasteiger partial charge in [0.15, 0.2) is 0 Å². The van der Waals surface area contributed by atoms with E-state index in [4.69, 9.17) is 0 Å². The van der Waals surface area contributed by atoms with Crippen molar-refractivity contribution in [2.75, 3.05) is 25.3 Å². The Kier molecular flexibility index (Phi) is 10.9. The van der Waals surface area contributed by atoms with Crippen molar-refractivity contribution in [1.82, 2.24) is 15.2 Å². The molecule has 0 aliphatic heterocycles. The molecule has 0 radical (unpaired) electrons. The summed E-state index contributed by atoms with van der Waals surface area (Å²) in [7, 11) is 3.31. The molecule has 1 rings (SSSR count). The van der Waals surface area contributed by atoms with Gasteiger partial charge in [0.1, 0.15) is 18.2 Å². The third kappa shape index (κ3) is 8.77. The van der Waals surface area contributed by atoms with Crippen LogP contribution in [0.15, 0.2) is 53.4 Å². The first-order chi connectivity index (χ1) is 15.4. The van der Waals surface area contributed by atoms with Crippen LogP contribution in [-0.4, -0.2) is 64.7 Å². The molecule has 1 aromatic heterocycles. The fraction of sp³-hybridized carbons (Fsp3) is 0.400. The van der Waals surface area contributed by atoms with Gasteiger partial charge in [-0.1, -0.05) is 19.6 Å². The number of ether oxygens (including phenoxy) is 1.